The molecule has 0 saturated carbocycles. The summed E-state index contributed by atoms with van der Waals surface area (Å²) in [5.41, 5.74) is 3.27. The number of nitrogens with zero attached hydrogens (tertiary/aromatic N) is 5. The average molecular weight is 257 g/mol. The third-order valence-electron chi connectivity index (χ3n) is 3.52. The van der Waals surface area contributed by atoms with E-state index in [1.54, 1.807) is 0 Å². The Hall–Kier alpha value is -1.91. The highest BCUT2D eigenvalue weighted by molar-refractivity contribution is 5.34. The molecule has 1 aliphatic rings. The van der Waals surface area contributed by atoms with Crippen molar-refractivity contribution in [1.29, 1.82) is 0 Å². The second kappa shape index (κ2) is 4.64. The van der Waals surface area contributed by atoms with Crippen LogP contribution in [0.5, 0.6) is 0 Å². The van der Waals surface area contributed by atoms with Crippen molar-refractivity contribution in [3.8, 4) is 0 Å². The maximum Gasteiger partial charge on any atom is 0.225 e. The van der Waals surface area contributed by atoms with Crippen LogP contribution < -0.4 is 4.90 Å². The predicted molar refractivity (Wildman–Crippen MR) is 74.3 cm³/mol. The van der Waals surface area contributed by atoms with E-state index < -0.39 is 0 Å². The van der Waals surface area contributed by atoms with Gasteiger partial charge in [-0.25, -0.2) is 9.97 Å². The molecular weight excluding hydrogens is 238 g/mol. The minimum atomic E-state index is 0.429. The lowest BCUT2D eigenvalue weighted by Crippen LogP contribution is -2.23. The van der Waals surface area contributed by atoms with Gasteiger partial charge in [0.2, 0.25) is 5.95 Å². The molecule has 5 heteroatoms. The molecule has 0 spiro atoms. The van der Waals surface area contributed by atoms with E-state index in [4.69, 9.17) is 0 Å². The molecule has 0 bridgehead atoms. The number of anilines is 1. The van der Waals surface area contributed by atoms with Gasteiger partial charge >= 0.3 is 0 Å². The lowest BCUT2D eigenvalue weighted by molar-refractivity contribution is 0.494. The molecule has 3 rings (SSSR count). The van der Waals surface area contributed by atoms with Gasteiger partial charge in [-0.05, 0) is 38.8 Å². The summed E-state index contributed by atoms with van der Waals surface area (Å²) in [6.45, 7) is 8.03. The molecular formula is C14H19N5. The van der Waals surface area contributed by atoms with Crippen LogP contribution in [-0.4, -0.2) is 32.8 Å². The fourth-order valence-electron chi connectivity index (χ4n) is 2.62. The maximum absolute atomic E-state index is 4.53. The van der Waals surface area contributed by atoms with E-state index in [1.165, 1.54) is 5.56 Å². The van der Waals surface area contributed by atoms with Crippen LogP contribution in [0.2, 0.25) is 0 Å². The molecule has 0 aliphatic carbocycles. The molecule has 100 valence electrons. The Kier molecular flexibility index (Phi) is 2.97. The molecule has 0 aromatic carbocycles. The summed E-state index contributed by atoms with van der Waals surface area (Å²) in [4.78, 5) is 11.3. The molecule has 1 unspecified atom stereocenters. The van der Waals surface area contributed by atoms with Gasteiger partial charge in [0.15, 0.2) is 0 Å². The van der Waals surface area contributed by atoms with Crippen LogP contribution in [-0.2, 0) is 0 Å². The van der Waals surface area contributed by atoms with Crippen molar-refractivity contribution < 1.29 is 0 Å². The van der Waals surface area contributed by atoms with Gasteiger partial charge in [0.25, 0.3) is 0 Å². The molecule has 3 heterocycles. The Morgan fingerprint density at radius 1 is 1.16 bits per heavy atom. The molecule has 0 amide bonds. The van der Waals surface area contributed by atoms with E-state index in [-0.39, 0.29) is 0 Å². The highest BCUT2D eigenvalue weighted by Gasteiger charge is 2.26. The predicted octanol–water partition coefficient (Wildman–Crippen LogP) is 2.05. The van der Waals surface area contributed by atoms with Crippen molar-refractivity contribution in [3.63, 3.8) is 0 Å². The van der Waals surface area contributed by atoms with Crippen molar-refractivity contribution >= 4 is 5.95 Å². The van der Waals surface area contributed by atoms with E-state index in [9.17, 15) is 0 Å². The number of aromatic nitrogens is 4. The van der Waals surface area contributed by atoms with E-state index in [0.717, 1.165) is 36.8 Å². The minimum Gasteiger partial charge on any atom is -0.339 e. The van der Waals surface area contributed by atoms with Crippen molar-refractivity contribution in [2.45, 2.75) is 33.2 Å². The van der Waals surface area contributed by atoms with Crippen LogP contribution in [0, 0.1) is 20.8 Å². The second-order valence-electron chi connectivity index (χ2n) is 5.34. The van der Waals surface area contributed by atoms with Crippen LogP contribution in [0.25, 0.3) is 0 Å². The molecule has 0 N–H and O–H groups in total. The van der Waals surface area contributed by atoms with Crippen molar-refractivity contribution in [2.75, 3.05) is 18.0 Å². The van der Waals surface area contributed by atoms with Gasteiger partial charge < -0.3 is 4.90 Å². The zero-order valence-electron chi connectivity index (χ0n) is 11.7. The summed E-state index contributed by atoms with van der Waals surface area (Å²) in [7, 11) is 0. The highest BCUT2D eigenvalue weighted by Crippen LogP contribution is 2.24. The zero-order valence-corrected chi connectivity index (χ0v) is 11.7. The topological polar surface area (TPSA) is 46.8 Å². The van der Waals surface area contributed by atoms with Gasteiger partial charge in [0, 0.05) is 30.7 Å². The molecule has 1 saturated heterocycles. The third kappa shape index (κ3) is 2.45. The van der Waals surface area contributed by atoms with Gasteiger partial charge in [-0.2, -0.15) is 5.10 Å². The van der Waals surface area contributed by atoms with Crippen LogP contribution >= 0.6 is 0 Å². The summed E-state index contributed by atoms with van der Waals surface area (Å²) in [6, 6.07) is 2.44. The average Bonchev–Trinajstić information content (AvgIpc) is 2.95. The monoisotopic (exact) mass is 257 g/mol. The zero-order chi connectivity index (χ0) is 13.4. The summed E-state index contributed by atoms with van der Waals surface area (Å²) in [6.07, 6.45) is 5.12. The largest absolute Gasteiger partial charge is 0.339 e. The van der Waals surface area contributed by atoms with Crippen molar-refractivity contribution in [1.82, 2.24) is 19.7 Å². The summed E-state index contributed by atoms with van der Waals surface area (Å²) in [5, 5.41) is 4.41. The van der Waals surface area contributed by atoms with Gasteiger partial charge in [-0.1, -0.05) is 0 Å². The Labute approximate surface area is 113 Å². The van der Waals surface area contributed by atoms with Gasteiger partial charge in [0.05, 0.1) is 12.2 Å². The first kappa shape index (κ1) is 12.1. The Morgan fingerprint density at radius 3 is 2.53 bits per heavy atom. The van der Waals surface area contributed by atoms with Crippen molar-refractivity contribution in [3.05, 3.63) is 35.4 Å². The Balaban J connectivity index is 1.78. The lowest BCUT2D eigenvalue weighted by atomic mass is 10.3. The quantitative estimate of drug-likeness (QED) is 0.826. The summed E-state index contributed by atoms with van der Waals surface area (Å²) >= 11 is 0. The molecule has 1 aliphatic heterocycles. The van der Waals surface area contributed by atoms with E-state index in [1.807, 2.05) is 26.1 Å². The van der Waals surface area contributed by atoms with Crippen LogP contribution in [0.4, 0.5) is 5.95 Å². The third-order valence-corrected chi connectivity index (χ3v) is 3.52. The summed E-state index contributed by atoms with van der Waals surface area (Å²) < 4.78 is 2.07. The van der Waals surface area contributed by atoms with E-state index in [0.29, 0.717) is 6.04 Å². The first-order valence-electron chi connectivity index (χ1n) is 6.70. The number of hydrogen-bond donors (Lipinski definition) is 0. The SMILES string of the molecule is Cc1cnn(C2CCN(c3nc(C)cc(C)n3)C2)c1. The molecule has 1 atom stereocenters. The first-order chi connectivity index (χ1) is 9.11. The fraction of sp³-hybridized carbons (Fsp3) is 0.500. The second-order valence-corrected chi connectivity index (χ2v) is 5.34. The minimum absolute atomic E-state index is 0.429. The molecule has 2 aromatic rings. The molecule has 5 nitrogen and oxygen atoms in total. The number of hydrogen-bond acceptors (Lipinski definition) is 4. The molecule has 0 radical (unpaired) electrons. The Morgan fingerprint density at radius 2 is 1.89 bits per heavy atom. The smallest absolute Gasteiger partial charge is 0.225 e. The van der Waals surface area contributed by atoms with Gasteiger partial charge in [0.1, 0.15) is 0 Å². The van der Waals surface area contributed by atoms with Crippen molar-refractivity contribution in [2.24, 2.45) is 0 Å². The van der Waals surface area contributed by atoms with Gasteiger partial charge in [-0.3, -0.25) is 4.68 Å². The fourth-order valence-corrected chi connectivity index (χ4v) is 2.62. The number of aryl methyl sites for hydroxylation is 3. The Bertz CT molecular complexity index is 569. The van der Waals surface area contributed by atoms with Crippen LogP contribution in [0.1, 0.15) is 29.4 Å². The summed E-state index contributed by atoms with van der Waals surface area (Å²) in [5.74, 6) is 0.851. The van der Waals surface area contributed by atoms with Crippen LogP contribution in [0.3, 0.4) is 0 Å². The maximum atomic E-state index is 4.53. The normalized spacial score (nSPS) is 19.1. The molecule has 1 fully saturated rings. The number of rotatable bonds is 2. The van der Waals surface area contributed by atoms with E-state index in [2.05, 4.69) is 37.8 Å². The van der Waals surface area contributed by atoms with Gasteiger partial charge in [-0.15, -0.1) is 0 Å². The molecule has 2 aromatic heterocycles. The van der Waals surface area contributed by atoms with Crippen LogP contribution in [0.15, 0.2) is 18.5 Å². The van der Waals surface area contributed by atoms with E-state index >= 15 is 0 Å². The first-order valence-corrected chi connectivity index (χ1v) is 6.70. The lowest BCUT2D eigenvalue weighted by Gasteiger charge is -2.17. The standard InChI is InChI=1S/C14H19N5/c1-10-7-15-19(8-10)13-4-5-18(9-13)14-16-11(2)6-12(3)17-14/h6-8,13H,4-5,9H2,1-3H3. The molecule has 19 heavy (non-hydrogen) atoms. The highest BCUT2D eigenvalue weighted by atomic mass is 15.3.